The van der Waals surface area contributed by atoms with Crippen molar-refractivity contribution in [3.63, 3.8) is 0 Å². The average Bonchev–Trinajstić information content (AvgIpc) is 2.69. The van der Waals surface area contributed by atoms with Gasteiger partial charge in [0, 0.05) is 17.8 Å². The predicted octanol–water partition coefficient (Wildman–Crippen LogP) is 4.41. The molecule has 0 radical (unpaired) electrons. The SMILES string of the molecule is CCC1CCCC(O)(c2cccc3cnccc23)CC1. The van der Waals surface area contributed by atoms with Gasteiger partial charge >= 0.3 is 0 Å². The molecule has 0 aliphatic heterocycles. The molecule has 2 heteroatoms. The highest BCUT2D eigenvalue weighted by atomic mass is 16.3. The number of fused-ring (bicyclic) bond motifs is 1. The largest absolute Gasteiger partial charge is 0.385 e. The van der Waals surface area contributed by atoms with Crippen LogP contribution < -0.4 is 0 Å². The maximum atomic E-state index is 11.2. The molecule has 3 rings (SSSR count). The molecule has 2 nitrogen and oxygen atoms in total. The lowest BCUT2D eigenvalue weighted by Crippen LogP contribution is -2.25. The van der Waals surface area contributed by atoms with E-state index in [2.05, 4.69) is 24.0 Å². The Hall–Kier alpha value is -1.41. The summed E-state index contributed by atoms with van der Waals surface area (Å²) in [4.78, 5) is 4.18. The first-order valence-electron chi connectivity index (χ1n) is 7.78. The molecule has 1 N–H and O–H groups in total. The van der Waals surface area contributed by atoms with Gasteiger partial charge in [-0.15, -0.1) is 0 Å². The molecule has 106 valence electrons. The molecule has 1 saturated carbocycles. The lowest BCUT2D eigenvalue weighted by Gasteiger charge is -2.28. The molecule has 0 bridgehead atoms. The first-order valence-corrected chi connectivity index (χ1v) is 7.78. The summed E-state index contributed by atoms with van der Waals surface area (Å²) in [5, 5.41) is 13.5. The maximum Gasteiger partial charge on any atom is 0.0902 e. The minimum atomic E-state index is -0.662. The van der Waals surface area contributed by atoms with E-state index < -0.39 is 5.60 Å². The molecule has 2 atom stereocenters. The summed E-state index contributed by atoms with van der Waals surface area (Å²) >= 11 is 0. The van der Waals surface area contributed by atoms with E-state index >= 15 is 0 Å². The lowest BCUT2D eigenvalue weighted by molar-refractivity contribution is 0.0211. The van der Waals surface area contributed by atoms with Crippen LogP contribution in [-0.4, -0.2) is 10.1 Å². The zero-order valence-corrected chi connectivity index (χ0v) is 12.2. The molecule has 2 unspecified atom stereocenters. The van der Waals surface area contributed by atoms with E-state index in [1.165, 1.54) is 12.8 Å². The van der Waals surface area contributed by atoms with Crippen LogP contribution in [0.5, 0.6) is 0 Å². The zero-order chi connectivity index (χ0) is 14.0. The van der Waals surface area contributed by atoms with Crippen LogP contribution in [0.1, 0.15) is 51.0 Å². The molecule has 0 amide bonds. The van der Waals surface area contributed by atoms with Crippen LogP contribution in [0.3, 0.4) is 0 Å². The molecule has 1 aliphatic carbocycles. The third-order valence-corrected chi connectivity index (χ3v) is 4.93. The summed E-state index contributed by atoms with van der Waals surface area (Å²) in [6.07, 6.45) is 10.2. The summed E-state index contributed by atoms with van der Waals surface area (Å²) in [6, 6.07) is 8.24. The standard InChI is InChI=1S/C18H23NO/c1-2-14-5-4-10-18(20,11-8-14)17-7-3-6-15-13-19-12-9-16(15)17/h3,6-7,9,12-14,20H,2,4-5,8,10-11H2,1H3. The van der Waals surface area contributed by atoms with Crippen molar-refractivity contribution in [2.75, 3.05) is 0 Å². The molecular formula is C18H23NO. The number of nitrogens with zero attached hydrogens (tertiary/aromatic N) is 1. The smallest absolute Gasteiger partial charge is 0.0902 e. The van der Waals surface area contributed by atoms with Gasteiger partial charge in [0.1, 0.15) is 0 Å². The Morgan fingerprint density at radius 3 is 3.00 bits per heavy atom. The van der Waals surface area contributed by atoms with Gasteiger partial charge in [-0.05, 0) is 48.6 Å². The summed E-state index contributed by atoms with van der Waals surface area (Å²) in [6.45, 7) is 2.26. The molecule has 1 aromatic heterocycles. The van der Waals surface area contributed by atoms with Gasteiger partial charge in [-0.1, -0.05) is 38.0 Å². The Morgan fingerprint density at radius 1 is 1.25 bits per heavy atom. The number of benzene rings is 1. The fourth-order valence-corrected chi connectivity index (χ4v) is 3.60. The Balaban J connectivity index is 2.01. The summed E-state index contributed by atoms with van der Waals surface area (Å²) in [5.74, 6) is 0.778. The minimum absolute atomic E-state index is 0.662. The zero-order valence-electron chi connectivity index (χ0n) is 12.2. The van der Waals surface area contributed by atoms with Crippen molar-refractivity contribution in [1.82, 2.24) is 4.98 Å². The van der Waals surface area contributed by atoms with Gasteiger partial charge in [0.15, 0.2) is 0 Å². The predicted molar refractivity (Wildman–Crippen MR) is 82.5 cm³/mol. The highest BCUT2D eigenvalue weighted by Gasteiger charge is 2.33. The highest BCUT2D eigenvalue weighted by molar-refractivity contribution is 5.85. The third kappa shape index (κ3) is 2.45. The van der Waals surface area contributed by atoms with Crippen molar-refractivity contribution >= 4 is 10.8 Å². The van der Waals surface area contributed by atoms with Gasteiger partial charge < -0.3 is 5.11 Å². The average molecular weight is 269 g/mol. The summed E-state index contributed by atoms with van der Waals surface area (Å²) in [7, 11) is 0. The van der Waals surface area contributed by atoms with Gasteiger partial charge in [-0.25, -0.2) is 0 Å². The van der Waals surface area contributed by atoms with Crippen molar-refractivity contribution in [1.29, 1.82) is 0 Å². The normalized spacial score (nSPS) is 27.4. The number of aliphatic hydroxyl groups is 1. The molecule has 2 aromatic rings. The highest BCUT2D eigenvalue weighted by Crippen LogP contribution is 2.41. The molecule has 1 aromatic carbocycles. The second kappa shape index (κ2) is 5.53. The van der Waals surface area contributed by atoms with Crippen LogP contribution in [0.25, 0.3) is 10.8 Å². The van der Waals surface area contributed by atoms with E-state index in [1.807, 2.05) is 24.5 Å². The van der Waals surface area contributed by atoms with Crippen LogP contribution >= 0.6 is 0 Å². The van der Waals surface area contributed by atoms with Crippen LogP contribution in [0.4, 0.5) is 0 Å². The van der Waals surface area contributed by atoms with Crippen LogP contribution in [0.2, 0.25) is 0 Å². The number of aromatic nitrogens is 1. The maximum absolute atomic E-state index is 11.2. The van der Waals surface area contributed by atoms with Crippen molar-refractivity contribution in [2.45, 2.75) is 51.0 Å². The molecular weight excluding hydrogens is 246 g/mol. The Bertz CT molecular complexity index is 589. The van der Waals surface area contributed by atoms with Gasteiger partial charge in [0.2, 0.25) is 0 Å². The molecule has 0 spiro atoms. The van der Waals surface area contributed by atoms with Gasteiger partial charge in [0.25, 0.3) is 0 Å². The van der Waals surface area contributed by atoms with E-state index in [1.54, 1.807) is 0 Å². The Morgan fingerprint density at radius 2 is 2.15 bits per heavy atom. The third-order valence-electron chi connectivity index (χ3n) is 4.93. The van der Waals surface area contributed by atoms with Gasteiger partial charge in [-0.2, -0.15) is 0 Å². The van der Waals surface area contributed by atoms with Crippen LogP contribution in [0.15, 0.2) is 36.7 Å². The summed E-state index contributed by atoms with van der Waals surface area (Å²) in [5.41, 5.74) is 0.430. The number of hydrogen-bond acceptors (Lipinski definition) is 2. The summed E-state index contributed by atoms with van der Waals surface area (Å²) < 4.78 is 0. The molecule has 0 saturated heterocycles. The Labute approximate surface area is 120 Å². The second-order valence-corrected chi connectivity index (χ2v) is 6.14. The molecule has 1 heterocycles. The Kier molecular flexibility index (Phi) is 3.75. The van der Waals surface area contributed by atoms with E-state index in [0.717, 1.165) is 47.9 Å². The molecule has 1 aliphatic rings. The number of pyridine rings is 1. The van der Waals surface area contributed by atoms with Gasteiger partial charge in [0.05, 0.1) is 5.60 Å². The fourth-order valence-electron chi connectivity index (χ4n) is 3.60. The molecule has 20 heavy (non-hydrogen) atoms. The van der Waals surface area contributed by atoms with Crippen molar-refractivity contribution in [3.05, 3.63) is 42.2 Å². The van der Waals surface area contributed by atoms with E-state index in [-0.39, 0.29) is 0 Å². The van der Waals surface area contributed by atoms with Crippen molar-refractivity contribution in [2.24, 2.45) is 5.92 Å². The second-order valence-electron chi connectivity index (χ2n) is 6.14. The monoisotopic (exact) mass is 269 g/mol. The minimum Gasteiger partial charge on any atom is -0.385 e. The number of hydrogen-bond donors (Lipinski definition) is 1. The lowest BCUT2D eigenvalue weighted by atomic mass is 9.83. The van der Waals surface area contributed by atoms with Crippen molar-refractivity contribution in [3.8, 4) is 0 Å². The van der Waals surface area contributed by atoms with E-state index in [0.29, 0.717) is 0 Å². The molecule has 1 fully saturated rings. The van der Waals surface area contributed by atoms with Crippen LogP contribution in [0, 0.1) is 5.92 Å². The van der Waals surface area contributed by atoms with Crippen molar-refractivity contribution < 1.29 is 5.11 Å². The topological polar surface area (TPSA) is 33.1 Å². The van der Waals surface area contributed by atoms with E-state index in [4.69, 9.17) is 0 Å². The van der Waals surface area contributed by atoms with Gasteiger partial charge in [-0.3, -0.25) is 4.98 Å². The number of rotatable bonds is 2. The first-order chi connectivity index (χ1) is 9.73. The quantitative estimate of drug-likeness (QED) is 0.819. The van der Waals surface area contributed by atoms with Crippen LogP contribution in [-0.2, 0) is 5.60 Å². The first kappa shape index (κ1) is 13.6. The van der Waals surface area contributed by atoms with E-state index in [9.17, 15) is 5.11 Å². The fraction of sp³-hybridized carbons (Fsp3) is 0.500.